The molecule has 1 unspecified atom stereocenters. The van der Waals surface area contributed by atoms with Crippen LogP contribution in [0.3, 0.4) is 0 Å². The second kappa shape index (κ2) is 5.00. The maximum absolute atomic E-state index is 9.03. The van der Waals surface area contributed by atoms with E-state index in [2.05, 4.69) is 11.4 Å². The second-order valence-corrected chi connectivity index (χ2v) is 4.20. The predicted molar refractivity (Wildman–Crippen MR) is 62.4 cm³/mol. The standard InChI is InChI=1S/C13H16N2O/c1-10-4-5-13(11(7-10)8-14)16-12-3-2-6-15-9-12/h4-5,7,12,15H,2-3,6,9H2,1H3. The molecule has 1 aliphatic heterocycles. The molecule has 84 valence electrons. The fraction of sp³-hybridized carbons (Fsp3) is 0.462. The van der Waals surface area contributed by atoms with Gasteiger partial charge in [-0.15, -0.1) is 0 Å². The summed E-state index contributed by atoms with van der Waals surface area (Å²) in [6, 6.07) is 7.92. The van der Waals surface area contributed by atoms with E-state index in [1.54, 1.807) is 0 Å². The third-order valence-corrected chi connectivity index (χ3v) is 2.80. The number of aryl methyl sites for hydroxylation is 1. The summed E-state index contributed by atoms with van der Waals surface area (Å²) in [5, 5.41) is 12.3. The zero-order valence-electron chi connectivity index (χ0n) is 9.49. The number of nitrogens with one attached hydrogen (secondary N) is 1. The van der Waals surface area contributed by atoms with E-state index < -0.39 is 0 Å². The van der Waals surface area contributed by atoms with Gasteiger partial charge in [-0.2, -0.15) is 5.26 Å². The number of hydrogen-bond acceptors (Lipinski definition) is 3. The van der Waals surface area contributed by atoms with Crippen LogP contribution in [0, 0.1) is 18.3 Å². The molecule has 0 bridgehead atoms. The maximum atomic E-state index is 9.03. The summed E-state index contributed by atoms with van der Waals surface area (Å²) >= 11 is 0. The first-order chi connectivity index (χ1) is 7.79. The van der Waals surface area contributed by atoms with Crippen LogP contribution in [0.1, 0.15) is 24.0 Å². The molecule has 0 aromatic heterocycles. The second-order valence-electron chi connectivity index (χ2n) is 4.20. The number of rotatable bonds is 2. The average molecular weight is 216 g/mol. The molecule has 1 fully saturated rings. The third-order valence-electron chi connectivity index (χ3n) is 2.80. The summed E-state index contributed by atoms with van der Waals surface area (Å²) < 4.78 is 5.85. The number of nitrogens with zero attached hydrogens (tertiary/aromatic N) is 1. The third kappa shape index (κ3) is 2.53. The topological polar surface area (TPSA) is 45.0 Å². The molecule has 3 heteroatoms. The van der Waals surface area contributed by atoms with E-state index in [0.29, 0.717) is 11.3 Å². The van der Waals surface area contributed by atoms with Crippen LogP contribution in [-0.4, -0.2) is 19.2 Å². The Hall–Kier alpha value is -1.53. The Morgan fingerprint density at radius 1 is 1.50 bits per heavy atom. The molecule has 0 aliphatic carbocycles. The molecule has 0 amide bonds. The van der Waals surface area contributed by atoms with Crippen molar-refractivity contribution in [1.29, 1.82) is 5.26 Å². The van der Waals surface area contributed by atoms with Gasteiger partial charge in [0.15, 0.2) is 0 Å². The van der Waals surface area contributed by atoms with E-state index >= 15 is 0 Å². The van der Waals surface area contributed by atoms with Crippen molar-refractivity contribution in [2.75, 3.05) is 13.1 Å². The lowest BCUT2D eigenvalue weighted by atomic mass is 10.1. The highest BCUT2D eigenvalue weighted by Crippen LogP contribution is 2.21. The summed E-state index contributed by atoms with van der Waals surface area (Å²) in [4.78, 5) is 0. The van der Waals surface area contributed by atoms with Gasteiger partial charge in [0.05, 0.1) is 5.56 Å². The van der Waals surface area contributed by atoms with Gasteiger partial charge in [-0.3, -0.25) is 0 Å². The molecule has 1 N–H and O–H groups in total. The first-order valence-electron chi connectivity index (χ1n) is 5.68. The highest BCUT2D eigenvalue weighted by Gasteiger charge is 2.15. The van der Waals surface area contributed by atoms with Gasteiger partial charge in [-0.1, -0.05) is 6.07 Å². The van der Waals surface area contributed by atoms with E-state index in [-0.39, 0.29) is 6.10 Å². The first-order valence-corrected chi connectivity index (χ1v) is 5.68. The van der Waals surface area contributed by atoms with Crippen molar-refractivity contribution in [3.63, 3.8) is 0 Å². The zero-order chi connectivity index (χ0) is 11.4. The molecule has 16 heavy (non-hydrogen) atoms. The van der Waals surface area contributed by atoms with E-state index in [9.17, 15) is 0 Å². The van der Waals surface area contributed by atoms with Crippen LogP contribution in [0.2, 0.25) is 0 Å². The van der Waals surface area contributed by atoms with Gasteiger partial charge in [0.1, 0.15) is 17.9 Å². The van der Waals surface area contributed by atoms with Gasteiger partial charge in [-0.05, 0) is 44.0 Å². The van der Waals surface area contributed by atoms with Crippen LogP contribution in [-0.2, 0) is 0 Å². The summed E-state index contributed by atoms with van der Waals surface area (Å²) in [5.74, 6) is 0.710. The maximum Gasteiger partial charge on any atom is 0.137 e. The average Bonchev–Trinajstić information content (AvgIpc) is 2.33. The van der Waals surface area contributed by atoms with Crippen molar-refractivity contribution in [3.05, 3.63) is 29.3 Å². The summed E-state index contributed by atoms with van der Waals surface area (Å²) in [6.45, 7) is 3.92. The number of piperidine rings is 1. The summed E-state index contributed by atoms with van der Waals surface area (Å²) in [5.41, 5.74) is 1.72. The molecule has 1 aliphatic rings. The fourth-order valence-corrected chi connectivity index (χ4v) is 1.93. The number of benzene rings is 1. The molecule has 3 nitrogen and oxygen atoms in total. The van der Waals surface area contributed by atoms with Gasteiger partial charge in [-0.25, -0.2) is 0 Å². The SMILES string of the molecule is Cc1ccc(OC2CCCNC2)c(C#N)c1. The van der Waals surface area contributed by atoms with Crippen molar-refractivity contribution in [3.8, 4) is 11.8 Å². The number of ether oxygens (including phenoxy) is 1. The van der Waals surface area contributed by atoms with Crippen molar-refractivity contribution >= 4 is 0 Å². The molecule has 1 atom stereocenters. The molecular formula is C13H16N2O. The highest BCUT2D eigenvalue weighted by atomic mass is 16.5. The Morgan fingerprint density at radius 3 is 3.06 bits per heavy atom. The van der Waals surface area contributed by atoms with Crippen molar-refractivity contribution in [2.45, 2.75) is 25.9 Å². The number of hydrogen-bond donors (Lipinski definition) is 1. The zero-order valence-corrected chi connectivity index (χ0v) is 9.49. The Bertz CT molecular complexity index is 403. The Kier molecular flexibility index (Phi) is 3.43. The van der Waals surface area contributed by atoms with Crippen molar-refractivity contribution in [2.24, 2.45) is 0 Å². The molecule has 0 saturated carbocycles. The molecule has 2 rings (SSSR count). The van der Waals surface area contributed by atoms with E-state index in [1.165, 1.54) is 0 Å². The van der Waals surface area contributed by atoms with Crippen molar-refractivity contribution < 1.29 is 4.74 Å². The molecule has 1 aromatic rings. The van der Waals surface area contributed by atoms with E-state index in [1.807, 2.05) is 25.1 Å². The van der Waals surface area contributed by atoms with Crippen LogP contribution in [0.5, 0.6) is 5.75 Å². The van der Waals surface area contributed by atoms with Gasteiger partial charge >= 0.3 is 0 Å². The Morgan fingerprint density at radius 2 is 2.38 bits per heavy atom. The summed E-state index contributed by atoms with van der Waals surface area (Å²) in [7, 11) is 0. The lowest BCUT2D eigenvalue weighted by Crippen LogP contribution is -2.37. The van der Waals surface area contributed by atoms with Crippen LogP contribution in [0.25, 0.3) is 0 Å². The van der Waals surface area contributed by atoms with Gasteiger partial charge in [0, 0.05) is 6.54 Å². The highest BCUT2D eigenvalue weighted by molar-refractivity contribution is 5.45. The molecule has 1 aromatic carbocycles. The van der Waals surface area contributed by atoms with E-state index in [0.717, 1.165) is 31.5 Å². The van der Waals surface area contributed by atoms with E-state index in [4.69, 9.17) is 10.00 Å². The minimum atomic E-state index is 0.198. The Labute approximate surface area is 96.0 Å². The van der Waals surface area contributed by atoms with Crippen LogP contribution < -0.4 is 10.1 Å². The smallest absolute Gasteiger partial charge is 0.137 e. The Balaban J connectivity index is 2.11. The predicted octanol–water partition coefficient (Wildman–Crippen LogP) is 2.00. The van der Waals surface area contributed by atoms with Crippen LogP contribution in [0.4, 0.5) is 0 Å². The summed E-state index contributed by atoms with van der Waals surface area (Å²) in [6.07, 6.45) is 2.40. The van der Waals surface area contributed by atoms with Gasteiger partial charge in [0.25, 0.3) is 0 Å². The molecular weight excluding hydrogens is 200 g/mol. The fourth-order valence-electron chi connectivity index (χ4n) is 1.93. The molecule has 0 radical (unpaired) electrons. The monoisotopic (exact) mass is 216 g/mol. The first kappa shape index (κ1) is 11.0. The van der Waals surface area contributed by atoms with Gasteiger partial charge in [0.2, 0.25) is 0 Å². The van der Waals surface area contributed by atoms with Crippen molar-refractivity contribution in [1.82, 2.24) is 5.32 Å². The van der Waals surface area contributed by atoms with Crippen LogP contribution >= 0.6 is 0 Å². The lowest BCUT2D eigenvalue weighted by molar-refractivity contribution is 0.166. The minimum absolute atomic E-state index is 0.198. The minimum Gasteiger partial charge on any atom is -0.488 e. The normalized spacial score (nSPS) is 20.1. The molecule has 1 heterocycles. The quantitative estimate of drug-likeness (QED) is 0.822. The van der Waals surface area contributed by atoms with Crippen LogP contribution in [0.15, 0.2) is 18.2 Å². The largest absolute Gasteiger partial charge is 0.488 e. The number of nitriles is 1. The lowest BCUT2D eigenvalue weighted by Gasteiger charge is -2.24. The van der Waals surface area contributed by atoms with Gasteiger partial charge < -0.3 is 10.1 Å². The molecule has 0 spiro atoms. The molecule has 1 saturated heterocycles.